The molecule has 1 fully saturated rings. The molecule has 2 amide bonds. The highest BCUT2D eigenvalue weighted by atomic mass is 19.2. The van der Waals surface area contributed by atoms with Gasteiger partial charge < -0.3 is 5.32 Å². The van der Waals surface area contributed by atoms with Gasteiger partial charge in [0.05, 0.1) is 5.69 Å². The third kappa shape index (κ3) is 1.94. The van der Waals surface area contributed by atoms with Crippen molar-refractivity contribution < 1.29 is 18.4 Å². The van der Waals surface area contributed by atoms with Gasteiger partial charge in [-0.25, -0.2) is 8.78 Å². The molecule has 1 aliphatic heterocycles. The maximum Gasteiger partial charge on any atom is 0.252 e. The molecule has 0 spiro atoms. The second-order valence-corrected chi connectivity index (χ2v) is 4.64. The van der Waals surface area contributed by atoms with Crippen molar-refractivity contribution in [3.63, 3.8) is 0 Å². The van der Waals surface area contributed by atoms with Crippen LogP contribution < -0.4 is 10.2 Å². The fourth-order valence-electron chi connectivity index (χ4n) is 1.89. The summed E-state index contributed by atoms with van der Waals surface area (Å²) in [5, 5.41) is 2.49. The summed E-state index contributed by atoms with van der Waals surface area (Å²) in [4.78, 5) is 24.5. The number of nitrogens with one attached hydrogen (secondary N) is 1. The van der Waals surface area contributed by atoms with Crippen molar-refractivity contribution in [3.05, 3.63) is 29.8 Å². The molecule has 0 bridgehead atoms. The van der Waals surface area contributed by atoms with Gasteiger partial charge in [-0.2, -0.15) is 0 Å². The van der Waals surface area contributed by atoms with Crippen molar-refractivity contribution in [2.45, 2.75) is 19.4 Å². The molecule has 0 atom stereocenters. The summed E-state index contributed by atoms with van der Waals surface area (Å²) < 4.78 is 26.8. The third-order valence-corrected chi connectivity index (χ3v) is 2.76. The van der Waals surface area contributed by atoms with E-state index in [9.17, 15) is 18.4 Å². The lowest BCUT2D eigenvalue weighted by atomic mass is 10.00. The summed E-state index contributed by atoms with van der Waals surface area (Å²) in [7, 11) is 0. The Bertz CT molecular complexity index is 529. The van der Waals surface area contributed by atoms with Crippen LogP contribution in [0.3, 0.4) is 0 Å². The first-order valence-electron chi connectivity index (χ1n) is 5.40. The Hall–Kier alpha value is -1.98. The molecule has 1 aromatic rings. The predicted molar refractivity (Wildman–Crippen MR) is 60.9 cm³/mol. The van der Waals surface area contributed by atoms with Crippen LogP contribution in [0.25, 0.3) is 0 Å². The first-order chi connectivity index (χ1) is 8.33. The molecular weight excluding hydrogens is 242 g/mol. The largest absolute Gasteiger partial charge is 0.341 e. The summed E-state index contributed by atoms with van der Waals surface area (Å²) >= 11 is 0. The third-order valence-electron chi connectivity index (χ3n) is 2.76. The Morgan fingerprint density at radius 3 is 2.61 bits per heavy atom. The number of hydrogen-bond donors (Lipinski definition) is 1. The number of carbonyl (C=O) groups excluding carboxylic acids is 2. The maximum atomic E-state index is 13.6. The lowest BCUT2D eigenvalue weighted by molar-refractivity contribution is -0.134. The highest BCUT2D eigenvalue weighted by molar-refractivity contribution is 6.08. The van der Waals surface area contributed by atoms with Gasteiger partial charge in [0.1, 0.15) is 12.1 Å². The van der Waals surface area contributed by atoms with Gasteiger partial charge in [-0.05, 0) is 26.0 Å². The summed E-state index contributed by atoms with van der Waals surface area (Å²) in [5.41, 5.74) is -1.35. The van der Waals surface area contributed by atoms with Gasteiger partial charge >= 0.3 is 0 Å². The molecule has 1 heterocycles. The van der Waals surface area contributed by atoms with Crippen molar-refractivity contribution in [3.8, 4) is 0 Å². The minimum atomic E-state index is -1.13. The molecule has 1 N–H and O–H groups in total. The van der Waals surface area contributed by atoms with Gasteiger partial charge in [0.25, 0.3) is 5.91 Å². The molecule has 1 saturated heterocycles. The Balaban J connectivity index is 2.46. The van der Waals surface area contributed by atoms with Crippen LogP contribution in [0.4, 0.5) is 14.5 Å². The molecule has 0 radical (unpaired) electrons. The lowest BCUT2D eigenvalue weighted by Gasteiger charge is -2.37. The lowest BCUT2D eigenvalue weighted by Crippen LogP contribution is -2.64. The van der Waals surface area contributed by atoms with Crippen LogP contribution in [0, 0.1) is 11.6 Å². The van der Waals surface area contributed by atoms with Crippen molar-refractivity contribution in [2.75, 3.05) is 11.4 Å². The number of nitrogens with zero attached hydrogens (tertiary/aromatic N) is 1. The van der Waals surface area contributed by atoms with Gasteiger partial charge in [0.15, 0.2) is 11.6 Å². The van der Waals surface area contributed by atoms with Gasteiger partial charge in [-0.15, -0.1) is 0 Å². The van der Waals surface area contributed by atoms with Crippen LogP contribution in [0.5, 0.6) is 0 Å². The van der Waals surface area contributed by atoms with Crippen LogP contribution >= 0.6 is 0 Å². The Morgan fingerprint density at radius 2 is 1.94 bits per heavy atom. The molecular formula is C12H12F2N2O2. The van der Waals surface area contributed by atoms with Crippen molar-refractivity contribution in [1.82, 2.24) is 5.32 Å². The average Bonchev–Trinajstić information content (AvgIpc) is 2.27. The normalized spacial score (nSPS) is 18.8. The topological polar surface area (TPSA) is 49.4 Å². The van der Waals surface area contributed by atoms with Gasteiger partial charge in [-0.1, -0.05) is 6.07 Å². The first-order valence-corrected chi connectivity index (χ1v) is 5.40. The summed E-state index contributed by atoms with van der Waals surface area (Å²) in [5.74, 6) is -3.07. The summed E-state index contributed by atoms with van der Waals surface area (Å²) in [6, 6.07) is 3.52. The van der Waals surface area contributed by atoms with Crippen LogP contribution in [-0.4, -0.2) is 23.9 Å². The molecule has 18 heavy (non-hydrogen) atoms. The van der Waals surface area contributed by atoms with E-state index in [-0.39, 0.29) is 12.2 Å². The van der Waals surface area contributed by atoms with Gasteiger partial charge in [0, 0.05) is 0 Å². The maximum absolute atomic E-state index is 13.6. The highest BCUT2D eigenvalue weighted by Crippen LogP contribution is 2.25. The van der Waals surface area contributed by atoms with Crippen LogP contribution in [-0.2, 0) is 9.59 Å². The SMILES string of the molecule is CC1(C)NC(=O)CN(c2cccc(F)c2F)C1=O. The van der Waals surface area contributed by atoms with E-state index >= 15 is 0 Å². The van der Waals surface area contributed by atoms with E-state index in [1.807, 2.05) is 0 Å². The second-order valence-electron chi connectivity index (χ2n) is 4.64. The van der Waals surface area contributed by atoms with Gasteiger partial charge in [-0.3, -0.25) is 14.5 Å². The number of rotatable bonds is 1. The zero-order chi connectivity index (χ0) is 13.5. The number of halogens is 2. The van der Waals surface area contributed by atoms with E-state index in [1.165, 1.54) is 26.0 Å². The molecule has 0 unspecified atom stereocenters. The molecule has 2 rings (SSSR count). The number of amides is 2. The van der Waals surface area contributed by atoms with E-state index in [0.717, 1.165) is 11.0 Å². The van der Waals surface area contributed by atoms with Gasteiger partial charge in [0.2, 0.25) is 5.91 Å². The van der Waals surface area contributed by atoms with E-state index in [2.05, 4.69) is 5.32 Å². The smallest absolute Gasteiger partial charge is 0.252 e. The van der Waals surface area contributed by atoms with Crippen LogP contribution in [0.1, 0.15) is 13.8 Å². The highest BCUT2D eigenvalue weighted by Gasteiger charge is 2.40. The second kappa shape index (κ2) is 4.04. The quantitative estimate of drug-likeness (QED) is 0.818. The van der Waals surface area contributed by atoms with Crippen LogP contribution in [0.2, 0.25) is 0 Å². The molecule has 96 valence electrons. The number of benzene rings is 1. The number of anilines is 1. The minimum Gasteiger partial charge on any atom is -0.341 e. The zero-order valence-corrected chi connectivity index (χ0v) is 9.96. The molecule has 0 aromatic heterocycles. The minimum absolute atomic E-state index is 0.220. The van der Waals surface area contributed by atoms with Crippen molar-refractivity contribution >= 4 is 17.5 Å². The van der Waals surface area contributed by atoms with Crippen molar-refractivity contribution in [2.24, 2.45) is 0 Å². The molecule has 6 heteroatoms. The van der Waals surface area contributed by atoms with E-state index < -0.39 is 29.0 Å². The summed E-state index contributed by atoms with van der Waals surface area (Å²) in [6.07, 6.45) is 0. The number of carbonyl (C=O) groups is 2. The number of piperazine rings is 1. The Labute approximate surface area is 103 Å². The van der Waals surface area contributed by atoms with Crippen LogP contribution in [0.15, 0.2) is 18.2 Å². The standard InChI is InChI=1S/C12H12F2N2O2/c1-12(2)11(18)16(6-9(17)15-12)8-5-3-4-7(13)10(8)14/h3-5H,6H2,1-2H3,(H,15,17). The number of hydrogen-bond acceptors (Lipinski definition) is 2. The summed E-state index contributed by atoms with van der Waals surface area (Å²) in [6.45, 7) is 2.70. The van der Waals surface area contributed by atoms with E-state index in [1.54, 1.807) is 0 Å². The first kappa shape index (κ1) is 12.5. The average molecular weight is 254 g/mol. The molecule has 0 aliphatic carbocycles. The van der Waals surface area contributed by atoms with E-state index in [0.29, 0.717) is 0 Å². The Morgan fingerprint density at radius 1 is 1.28 bits per heavy atom. The van der Waals surface area contributed by atoms with E-state index in [4.69, 9.17) is 0 Å². The Kier molecular flexibility index (Phi) is 2.80. The van der Waals surface area contributed by atoms with Crippen molar-refractivity contribution in [1.29, 1.82) is 0 Å². The molecule has 4 nitrogen and oxygen atoms in total. The fourth-order valence-corrected chi connectivity index (χ4v) is 1.89. The molecule has 1 aliphatic rings. The monoisotopic (exact) mass is 254 g/mol. The fraction of sp³-hybridized carbons (Fsp3) is 0.333. The zero-order valence-electron chi connectivity index (χ0n) is 9.96. The predicted octanol–water partition coefficient (Wildman–Crippen LogP) is 1.21. The molecule has 0 saturated carbocycles. The molecule has 1 aromatic carbocycles.